The van der Waals surface area contributed by atoms with Crippen molar-refractivity contribution in [3.05, 3.63) is 54.4 Å². The summed E-state index contributed by atoms with van der Waals surface area (Å²) in [7, 11) is 1.65. The number of ether oxygens (including phenoxy) is 2. The molecule has 1 aliphatic carbocycles. The number of fused-ring (bicyclic) bond motifs is 1. The standard InChI is InChI=1S/C26H33N3O3/c1-31-23-15-7-8-16-24(23)32-18-10-9-17-29-22-14-6-5-13-21(22)28-25(29)19-27-26(30)20-11-3-2-4-12-20/h5-8,13-16,20H,2-4,9-12,17-19H2,1H3,(H,27,30). The number of benzene rings is 2. The molecule has 1 saturated carbocycles. The molecule has 1 fully saturated rings. The molecule has 170 valence electrons. The second-order valence-electron chi connectivity index (χ2n) is 8.43. The Kier molecular flexibility index (Phi) is 7.64. The topological polar surface area (TPSA) is 65.4 Å². The number of carbonyl (C=O) groups is 1. The average Bonchev–Trinajstić information content (AvgIpc) is 3.20. The van der Waals surface area contributed by atoms with Gasteiger partial charge in [0.2, 0.25) is 5.91 Å². The molecule has 0 unspecified atom stereocenters. The number of hydrogen-bond acceptors (Lipinski definition) is 4. The molecule has 6 heteroatoms. The molecule has 0 bridgehead atoms. The molecule has 6 nitrogen and oxygen atoms in total. The quantitative estimate of drug-likeness (QED) is 0.450. The predicted molar refractivity (Wildman–Crippen MR) is 126 cm³/mol. The first-order chi connectivity index (χ1) is 15.8. The summed E-state index contributed by atoms with van der Waals surface area (Å²) in [5, 5.41) is 3.14. The lowest BCUT2D eigenvalue weighted by Gasteiger charge is -2.20. The Balaban J connectivity index is 1.34. The van der Waals surface area contributed by atoms with Gasteiger partial charge in [0, 0.05) is 12.5 Å². The zero-order chi connectivity index (χ0) is 22.2. The van der Waals surface area contributed by atoms with E-state index in [4.69, 9.17) is 14.5 Å². The number of nitrogens with one attached hydrogen (secondary N) is 1. The van der Waals surface area contributed by atoms with Gasteiger partial charge in [0.25, 0.3) is 0 Å². The molecule has 32 heavy (non-hydrogen) atoms. The Morgan fingerprint density at radius 3 is 2.59 bits per heavy atom. The number of imidazole rings is 1. The molecule has 1 heterocycles. The van der Waals surface area contributed by atoms with E-state index in [2.05, 4.69) is 16.0 Å². The van der Waals surface area contributed by atoms with Crippen molar-refractivity contribution in [1.82, 2.24) is 14.9 Å². The Hall–Kier alpha value is -3.02. The minimum atomic E-state index is 0.161. The number of aryl methyl sites for hydroxylation is 1. The highest BCUT2D eigenvalue weighted by atomic mass is 16.5. The highest BCUT2D eigenvalue weighted by molar-refractivity contribution is 5.79. The van der Waals surface area contributed by atoms with Crippen LogP contribution in [0.5, 0.6) is 11.5 Å². The number of aromatic nitrogens is 2. The average molecular weight is 436 g/mol. The Bertz CT molecular complexity index is 1020. The summed E-state index contributed by atoms with van der Waals surface area (Å²) < 4.78 is 13.5. The molecule has 3 aromatic rings. The van der Waals surface area contributed by atoms with E-state index >= 15 is 0 Å². The van der Waals surface area contributed by atoms with Crippen molar-refractivity contribution in [3.63, 3.8) is 0 Å². The molecule has 2 aromatic carbocycles. The Morgan fingerprint density at radius 1 is 1.03 bits per heavy atom. The zero-order valence-electron chi connectivity index (χ0n) is 18.9. The minimum Gasteiger partial charge on any atom is -0.493 e. The lowest BCUT2D eigenvalue weighted by atomic mass is 9.89. The van der Waals surface area contributed by atoms with Crippen LogP contribution in [0.2, 0.25) is 0 Å². The number of nitrogens with zero attached hydrogens (tertiary/aromatic N) is 2. The van der Waals surface area contributed by atoms with Crippen LogP contribution in [0.3, 0.4) is 0 Å². The van der Waals surface area contributed by atoms with Gasteiger partial charge in [-0.1, -0.05) is 43.5 Å². The van der Waals surface area contributed by atoms with E-state index in [1.165, 1.54) is 6.42 Å². The summed E-state index contributed by atoms with van der Waals surface area (Å²) in [4.78, 5) is 17.4. The minimum absolute atomic E-state index is 0.161. The maximum atomic E-state index is 12.6. The van der Waals surface area contributed by atoms with Crippen LogP contribution in [0.1, 0.15) is 50.8 Å². The molecule has 0 spiro atoms. The van der Waals surface area contributed by atoms with Gasteiger partial charge in [-0.15, -0.1) is 0 Å². The molecule has 0 radical (unpaired) electrons. The van der Waals surface area contributed by atoms with Crippen LogP contribution >= 0.6 is 0 Å². The van der Waals surface area contributed by atoms with Crippen LogP contribution in [0.15, 0.2) is 48.5 Å². The third kappa shape index (κ3) is 5.42. The third-order valence-corrected chi connectivity index (χ3v) is 6.23. The van der Waals surface area contributed by atoms with Crippen molar-refractivity contribution in [1.29, 1.82) is 0 Å². The molecule has 1 aromatic heterocycles. The summed E-state index contributed by atoms with van der Waals surface area (Å²) >= 11 is 0. The first-order valence-electron chi connectivity index (χ1n) is 11.7. The van der Waals surface area contributed by atoms with Crippen molar-refractivity contribution in [2.45, 2.75) is 58.0 Å². The second kappa shape index (κ2) is 11.0. The summed E-state index contributed by atoms with van der Waals surface area (Å²) in [6.07, 6.45) is 7.46. The van der Waals surface area contributed by atoms with Crippen molar-refractivity contribution >= 4 is 16.9 Å². The van der Waals surface area contributed by atoms with Crippen LogP contribution in [0.25, 0.3) is 11.0 Å². The highest BCUT2D eigenvalue weighted by Gasteiger charge is 2.21. The monoisotopic (exact) mass is 435 g/mol. The number of para-hydroxylation sites is 4. The predicted octanol–water partition coefficient (Wildman–Crippen LogP) is 5.10. The van der Waals surface area contributed by atoms with Crippen molar-refractivity contribution in [3.8, 4) is 11.5 Å². The molecule has 0 aliphatic heterocycles. The first-order valence-corrected chi connectivity index (χ1v) is 11.7. The SMILES string of the molecule is COc1ccccc1OCCCCn1c(CNC(=O)C2CCCCC2)nc2ccccc21. The zero-order valence-corrected chi connectivity index (χ0v) is 18.9. The molecular formula is C26H33N3O3. The number of rotatable bonds is 10. The molecule has 1 aliphatic rings. The van der Waals surface area contributed by atoms with E-state index < -0.39 is 0 Å². The van der Waals surface area contributed by atoms with E-state index in [0.717, 1.165) is 73.4 Å². The fourth-order valence-corrected chi connectivity index (χ4v) is 4.48. The maximum absolute atomic E-state index is 12.6. The Labute approximate surface area is 189 Å². The van der Waals surface area contributed by atoms with Crippen molar-refractivity contribution in [2.24, 2.45) is 5.92 Å². The van der Waals surface area contributed by atoms with Gasteiger partial charge < -0.3 is 19.4 Å². The van der Waals surface area contributed by atoms with Crippen LogP contribution < -0.4 is 14.8 Å². The second-order valence-corrected chi connectivity index (χ2v) is 8.43. The van der Waals surface area contributed by atoms with Gasteiger partial charge in [-0.3, -0.25) is 4.79 Å². The highest BCUT2D eigenvalue weighted by Crippen LogP contribution is 2.26. The molecule has 0 saturated heterocycles. The summed E-state index contributed by atoms with van der Waals surface area (Å²) in [6, 6.07) is 15.9. The van der Waals surface area contributed by atoms with Crippen LogP contribution in [0, 0.1) is 5.92 Å². The van der Waals surface area contributed by atoms with Gasteiger partial charge in [-0.05, 0) is 49.9 Å². The number of hydrogen-bond donors (Lipinski definition) is 1. The van der Waals surface area contributed by atoms with E-state index in [-0.39, 0.29) is 11.8 Å². The first kappa shape index (κ1) is 22.2. The van der Waals surface area contributed by atoms with Crippen LogP contribution in [-0.2, 0) is 17.9 Å². The Morgan fingerprint density at radius 2 is 1.78 bits per heavy atom. The van der Waals surface area contributed by atoms with E-state index in [0.29, 0.717) is 13.2 Å². The third-order valence-electron chi connectivity index (χ3n) is 6.23. The molecule has 1 amide bonds. The van der Waals surface area contributed by atoms with Crippen LogP contribution in [-0.4, -0.2) is 29.2 Å². The summed E-state index contributed by atoms with van der Waals surface area (Å²) in [5.41, 5.74) is 2.08. The molecule has 4 rings (SSSR count). The summed E-state index contributed by atoms with van der Waals surface area (Å²) in [6.45, 7) is 1.94. The molecule has 1 N–H and O–H groups in total. The lowest BCUT2D eigenvalue weighted by molar-refractivity contribution is -0.126. The number of carbonyl (C=O) groups excluding carboxylic acids is 1. The largest absolute Gasteiger partial charge is 0.493 e. The fourth-order valence-electron chi connectivity index (χ4n) is 4.48. The van der Waals surface area contributed by atoms with Crippen molar-refractivity contribution < 1.29 is 14.3 Å². The van der Waals surface area contributed by atoms with E-state index in [1.807, 2.05) is 42.5 Å². The van der Waals surface area contributed by atoms with Gasteiger partial charge in [-0.25, -0.2) is 4.98 Å². The summed E-state index contributed by atoms with van der Waals surface area (Å²) in [5.74, 6) is 2.78. The normalized spacial score (nSPS) is 14.4. The van der Waals surface area contributed by atoms with Crippen LogP contribution in [0.4, 0.5) is 0 Å². The number of amides is 1. The van der Waals surface area contributed by atoms with Gasteiger partial charge in [0.15, 0.2) is 11.5 Å². The fraction of sp³-hybridized carbons (Fsp3) is 0.462. The molecule has 0 atom stereocenters. The number of methoxy groups -OCH3 is 1. The van der Waals surface area contributed by atoms with Crippen molar-refractivity contribution in [2.75, 3.05) is 13.7 Å². The lowest BCUT2D eigenvalue weighted by Crippen LogP contribution is -2.32. The van der Waals surface area contributed by atoms with Gasteiger partial charge >= 0.3 is 0 Å². The molecular weight excluding hydrogens is 402 g/mol. The van der Waals surface area contributed by atoms with Gasteiger partial charge in [-0.2, -0.15) is 0 Å². The smallest absolute Gasteiger partial charge is 0.223 e. The number of unbranched alkanes of at least 4 members (excludes halogenated alkanes) is 1. The van der Waals surface area contributed by atoms with E-state index in [9.17, 15) is 4.79 Å². The van der Waals surface area contributed by atoms with E-state index in [1.54, 1.807) is 7.11 Å². The van der Waals surface area contributed by atoms with Gasteiger partial charge in [0.1, 0.15) is 5.82 Å². The maximum Gasteiger partial charge on any atom is 0.223 e. The van der Waals surface area contributed by atoms with Gasteiger partial charge in [0.05, 0.1) is 31.3 Å².